The van der Waals surface area contributed by atoms with Crippen LogP contribution in [0.2, 0.25) is 0 Å². The Labute approximate surface area is 123 Å². The molecule has 1 aromatic carbocycles. The molecule has 108 valence electrons. The van der Waals surface area contributed by atoms with Crippen molar-refractivity contribution in [2.45, 2.75) is 19.3 Å². The summed E-state index contributed by atoms with van der Waals surface area (Å²) < 4.78 is 13.2. The van der Waals surface area contributed by atoms with E-state index >= 15 is 0 Å². The summed E-state index contributed by atoms with van der Waals surface area (Å²) in [4.78, 5) is 15.8. The topological polar surface area (TPSA) is 42.0 Å². The molecule has 1 N–H and O–H groups in total. The van der Waals surface area contributed by atoms with Gasteiger partial charge in [-0.15, -0.1) is 0 Å². The van der Waals surface area contributed by atoms with E-state index in [9.17, 15) is 9.18 Å². The lowest BCUT2D eigenvalue weighted by atomic mass is 9.79. The fraction of sp³-hybridized carbons (Fsp3) is 0.294. The lowest BCUT2D eigenvalue weighted by Crippen LogP contribution is -2.19. The number of nitrogens with one attached hydrogen (secondary N) is 1. The largest absolute Gasteiger partial charge is 0.356 e. The van der Waals surface area contributed by atoms with Crippen molar-refractivity contribution in [1.82, 2.24) is 10.3 Å². The quantitative estimate of drug-likeness (QED) is 0.941. The molecule has 1 aliphatic rings. The molecule has 0 aliphatic carbocycles. The second-order valence-electron chi connectivity index (χ2n) is 5.53. The van der Waals surface area contributed by atoms with Crippen LogP contribution in [-0.2, 0) is 4.79 Å². The van der Waals surface area contributed by atoms with Crippen LogP contribution >= 0.6 is 0 Å². The fourth-order valence-electron chi connectivity index (χ4n) is 3.04. The van der Waals surface area contributed by atoms with Crippen LogP contribution in [0.15, 0.2) is 42.7 Å². The normalized spacial score (nSPS) is 19.3. The van der Waals surface area contributed by atoms with Crippen LogP contribution in [0.5, 0.6) is 0 Å². The first-order valence-corrected chi connectivity index (χ1v) is 7.08. The predicted octanol–water partition coefficient (Wildman–Crippen LogP) is 2.80. The molecule has 2 atom stereocenters. The molecule has 4 heteroatoms. The van der Waals surface area contributed by atoms with Gasteiger partial charge in [0.05, 0.1) is 0 Å². The van der Waals surface area contributed by atoms with Crippen LogP contribution in [0, 0.1) is 18.7 Å². The van der Waals surface area contributed by atoms with Crippen LogP contribution < -0.4 is 5.32 Å². The Morgan fingerprint density at radius 2 is 2.05 bits per heavy atom. The third-order valence-electron chi connectivity index (χ3n) is 4.12. The highest BCUT2D eigenvalue weighted by Crippen LogP contribution is 2.36. The zero-order chi connectivity index (χ0) is 14.8. The first-order chi connectivity index (χ1) is 10.1. The summed E-state index contributed by atoms with van der Waals surface area (Å²) in [6.45, 7) is 2.69. The van der Waals surface area contributed by atoms with E-state index in [0.29, 0.717) is 13.0 Å². The molecule has 1 amide bonds. The van der Waals surface area contributed by atoms with Crippen LogP contribution in [0.1, 0.15) is 29.0 Å². The molecule has 2 heterocycles. The zero-order valence-corrected chi connectivity index (χ0v) is 11.8. The van der Waals surface area contributed by atoms with Gasteiger partial charge in [0, 0.05) is 31.3 Å². The van der Waals surface area contributed by atoms with Crippen molar-refractivity contribution in [3.05, 3.63) is 65.2 Å². The van der Waals surface area contributed by atoms with Crippen molar-refractivity contribution in [3.63, 3.8) is 0 Å². The Kier molecular flexibility index (Phi) is 3.69. The number of halogens is 1. The Balaban J connectivity index is 2.04. The Morgan fingerprint density at radius 3 is 2.67 bits per heavy atom. The van der Waals surface area contributed by atoms with E-state index in [1.807, 2.05) is 19.2 Å². The Hall–Kier alpha value is -2.23. The number of carbonyl (C=O) groups excluding carboxylic acids is 1. The molecule has 1 aliphatic heterocycles. The van der Waals surface area contributed by atoms with Gasteiger partial charge in [0.15, 0.2) is 0 Å². The number of carbonyl (C=O) groups is 1. The third kappa shape index (κ3) is 2.79. The van der Waals surface area contributed by atoms with Crippen LogP contribution in [-0.4, -0.2) is 17.4 Å². The number of aromatic nitrogens is 1. The van der Waals surface area contributed by atoms with E-state index in [4.69, 9.17) is 0 Å². The highest BCUT2D eigenvalue weighted by Gasteiger charge is 2.32. The highest BCUT2D eigenvalue weighted by molar-refractivity contribution is 5.78. The monoisotopic (exact) mass is 284 g/mol. The van der Waals surface area contributed by atoms with E-state index in [1.54, 1.807) is 18.3 Å². The second-order valence-corrected chi connectivity index (χ2v) is 5.53. The number of pyridine rings is 1. The summed E-state index contributed by atoms with van der Waals surface area (Å²) in [7, 11) is 0. The number of hydrogen-bond acceptors (Lipinski definition) is 2. The van der Waals surface area contributed by atoms with Gasteiger partial charge < -0.3 is 5.32 Å². The molecule has 1 aromatic heterocycles. The van der Waals surface area contributed by atoms with Gasteiger partial charge in [0.25, 0.3) is 0 Å². The Bertz CT molecular complexity index is 654. The van der Waals surface area contributed by atoms with E-state index < -0.39 is 0 Å². The van der Waals surface area contributed by atoms with Crippen molar-refractivity contribution in [2.24, 2.45) is 5.92 Å². The molecule has 2 unspecified atom stereocenters. The van der Waals surface area contributed by atoms with Gasteiger partial charge >= 0.3 is 0 Å². The number of nitrogens with zero attached hydrogens (tertiary/aromatic N) is 1. The summed E-state index contributed by atoms with van der Waals surface area (Å²) in [5.74, 6) is 0.0544. The molecule has 1 fully saturated rings. The lowest BCUT2D eigenvalue weighted by molar-refractivity contribution is -0.119. The van der Waals surface area contributed by atoms with Crippen molar-refractivity contribution < 1.29 is 9.18 Å². The highest BCUT2D eigenvalue weighted by atomic mass is 19.1. The number of rotatable bonds is 3. The van der Waals surface area contributed by atoms with Crippen LogP contribution in [0.4, 0.5) is 4.39 Å². The number of aryl methyl sites for hydroxylation is 1. The summed E-state index contributed by atoms with van der Waals surface area (Å²) in [5, 5.41) is 2.89. The molecular weight excluding hydrogens is 267 g/mol. The molecule has 0 saturated carbocycles. The first kappa shape index (κ1) is 13.7. The number of benzene rings is 1. The van der Waals surface area contributed by atoms with Crippen molar-refractivity contribution in [3.8, 4) is 0 Å². The van der Waals surface area contributed by atoms with E-state index in [1.165, 1.54) is 12.1 Å². The molecule has 2 aromatic rings. The van der Waals surface area contributed by atoms with Gasteiger partial charge in [0.1, 0.15) is 5.82 Å². The minimum Gasteiger partial charge on any atom is -0.356 e. The van der Waals surface area contributed by atoms with Gasteiger partial charge in [-0.1, -0.05) is 12.1 Å². The summed E-state index contributed by atoms with van der Waals surface area (Å²) >= 11 is 0. The molecule has 0 spiro atoms. The molecular formula is C17H17FN2O. The minimum atomic E-state index is -0.249. The molecule has 0 radical (unpaired) electrons. The van der Waals surface area contributed by atoms with Gasteiger partial charge in [-0.3, -0.25) is 9.78 Å². The number of amides is 1. The summed E-state index contributed by atoms with van der Waals surface area (Å²) in [6.07, 6.45) is 4.11. The average molecular weight is 284 g/mol. The van der Waals surface area contributed by atoms with E-state index in [0.717, 1.165) is 16.7 Å². The maximum absolute atomic E-state index is 13.2. The van der Waals surface area contributed by atoms with Crippen LogP contribution in [0.25, 0.3) is 0 Å². The molecule has 3 rings (SSSR count). The number of hydrogen-bond donors (Lipinski definition) is 1. The van der Waals surface area contributed by atoms with Crippen molar-refractivity contribution >= 4 is 5.91 Å². The average Bonchev–Trinajstić information content (AvgIpc) is 2.90. The zero-order valence-electron chi connectivity index (χ0n) is 11.8. The first-order valence-electron chi connectivity index (χ1n) is 7.08. The summed E-state index contributed by atoms with van der Waals surface area (Å²) in [5.41, 5.74) is 3.26. The van der Waals surface area contributed by atoms with Crippen molar-refractivity contribution in [2.75, 3.05) is 6.54 Å². The smallest absolute Gasteiger partial charge is 0.220 e. The van der Waals surface area contributed by atoms with Gasteiger partial charge in [-0.05, 0) is 47.7 Å². The Morgan fingerprint density at radius 1 is 1.29 bits per heavy atom. The standard InChI is InChI=1S/C17H17FN2O/c1-11-6-7-19-10-15(11)17(13-8-16(21)20-9-13)12-2-4-14(18)5-3-12/h2-7,10,13,17H,8-9H2,1H3,(H,20,21). The van der Waals surface area contributed by atoms with Gasteiger partial charge in [-0.2, -0.15) is 0 Å². The van der Waals surface area contributed by atoms with Gasteiger partial charge in [0.2, 0.25) is 5.91 Å². The lowest BCUT2D eigenvalue weighted by Gasteiger charge is -2.24. The molecule has 0 bridgehead atoms. The molecule has 3 nitrogen and oxygen atoms in total. The molecule has 21 heavy (non-hydrogen) atoms. The van der Waals surface area contributed by atoms with Crippen LogP contribution in [0.3, 0.4) is 0 Å². The minimum absolute atomic E-state index is 0.0539. The van der Waals surface area contributed by atoms with E-state index in [2.05, 4.69) is 10.3 Å². The maximum Gasteiger partial charge on any atom is 0.220 e. The molecule has 1 saturated heterocycles. The van der Waals surface area contributed by atoms with Crippen molar-refractivity contribution in [1.29, 1.82) is 0 Å². The predicted molar refractivity (Wildman–Crippen MR) is 78.3 cm³/mol. The third-order valence-corrected chi connectivity index (χ3v) is 4.12. The SMILES string of the molecule is Cc1ccncc1C(c1ccc(F)cc1)C1CNC(=O)C1. The fourth-order valence-corrected chi connectivity index (χ4v) is 3.04. The van der Waals surface area contributed by atoms with Gasteiger partial charge in [-0.25, -0.2) is 4.39 Å². The summed E-state index contributed by atoms with van der Waals surface area (Å²) in [6, 6.07) is 8.51. The van der Waals surface area contributed by atoms with E-state index in [-0.39, 0.29) is 23.6 Å². The second kappa shape index (κ2) is 5.64. The maximum atomic E-state index is 13.2.